The van der Waals surface area contributed by atoms with Crippen LogP contribution in [0.25, 0.3) is 0 Å². The second-order valence-electron chi connectivity index (χ2n) is 2.72. The molecule has 13 heavy (non-hydrogen) atoms. The minimum Gasteiger partial charge on any atom is -0.463 e. The molecule has 5 nitrogen and oxygen atoms in total. The number of cyclic esters (lactones) is 1. The minimum absolute atomic E-state index is 0.323. The first kappa shape index (κ1) is 9.57. The van der Waals surface area contributed by atoms with Crippen LogP contribution >= 0.6 is 0 Å². The van der Waals surface area contributed by atoms with Crippen LogP contribution in [0.15, 0.2) is 11.8 Å². The van der Waals surface area contributed by atoms with Gasteiger partial charge in [-0.2, -0.15) is 0 Å². The van der Waals surface area contributed by atoms with E-state index in [4.69, 9.17) is 4.74 Å². The molecule has 0 saturated heterocycles. The van der Waals surface area contributed by atoms with Crippen molar-refractivity contribution in [3.05, 3.63) is 11.8 Å². The lowest BCUT2D eigenvalue weighted by Gasteiger charge is -2.29. The first-order valence-corrected chi connectivity index (χ1v) is 3.66. The van der Waals surface area contributed by atoms with E-state index < -0.39 is 17.7 Å². The van der Waals surface area contributed by atoms with Gasteiger partial charge in [0.25, 0.3) is 0 Å². The maximum atomic E-state index is 11.1. The molecule has 0 radical (unpaired) electrons. The van der Waals surface area contributed by atoms with Crippen LogP contribution in [-0.2, 0) is 23.8 Å². The number of allylic oxidation sites excluding steroid dienone is 1. The third-order valence-corrected chi connectivity index (χ3v) is 1.53. The zero-order valence-electron chi connectivity index (χ0n) is 7.62. The minimum atomic E-state index is -1.65. The van der Waals surface area contributed by atoms with Gasteiger partial charge in [-0.25, -0.2) is 9.59 Å². The summed E-state index contributed by atoms with van der Waals surface area (Å²) in [6.45, 7) is 2.88. The summed E-state index contributed by atoms with van der Waals surface area (Å²) in [5.41, 5.74) is 0. The lowest BCUT2D eigenvalue weighted by molar-refractivity contribution is -0.227. The van der Waals surface area contributed by atoms with E-state index in [1.54, 1.807) is 6.92 Å². The monoisotopic (exact) mass is 186 g/mol. The Morgan fingerprint density at radius 1 is 1.54 bits per heavy atom. The van der Waals surface area contributed by atoms with Crippen LogP contribution in [0.4, 0.5) is 0 Å². The van der Waals surface area contributed by atoms with Gasteiger partial charge in [0.05, 0.1) is 13.2 Å². The third-order valence-electron chi connectivity index (χ3n) is 1.53. The van der Waals surface area contributed by atoms with E-state index in [0.717, 1.165) is 6.08 Å². The molecule has 72 valence electrons. The fraction of sp³-hybridized carbons (Fsp3) is 0.500. The van der Waals surface area contributed by atoms with Gasteiger partial charge >= 0.3 is 17.7 Å². The highest BCUT2D eigenvalue weighted by atomic mass is 16.7. The van der Waals surface area contributed by atoms with E-state index in [9.17, 15) is 9.59 Å². The first-order chi connectivity index (χ1) is 5.98. The maximum absolute atomic E-state index is 11.1. The molecule has 0 spiro atoms. The molecule has 0 amide bonds. The smallest absolute Gasteiger partial charge is 0.392 e. The van der Waals surface area contributed by atoms with Gasteiger partial charge in [0.2, 0.25) is 0 Å². The van der Waals surface area contributed by atoms with Crippen LogP contribution in [0.5, 0.6) is 0 Å². The van der Waals surface area contributed by atoms with Crippen molar-refractivity contribution < 1.29 is 23.8 Å². The normalized spacial score (nSPS) is 27.0. The Balaban J connectivity index is 2.89. The summed E-state index contributed by atoms with van der Waals surface area (Å²) in [6, 6.07) is 0. The molecular weight excluding hydrogens is 176 g/mol. The summed E-state index contributed by atoms with van der Waals surface area (Å²) in [4.78, 5) is 22.1. The number of hydrogen-bond acceptors (Lipinski definition) is 5. The van der Waals surface area contributed by atoms with E-state index >= 15 is 0 Å². The Morgan fingerprint density at radius 3 is 2.62 bits per heavy atom. The SMILES string of the molecule is COC(=O)[C@]1(C)OC(=O)C=C(C)O1. The van der Waals surface area contributed by atoms with Crippen molar-refractivity contribution in [3.8, 4) is 0 Å². The molecule has 0 aromatic carbocycles. The van der Waals surface area contributed by atoms with Crippen molar-refractivity contribution in [1.82, 2.24) is 0 Å². The molecular formula is C8H10O5. The lowest BCUT2D eigenvalue weighted by Crippen LogP contribution is -2.45. The summed E-state index contributed by atoms with van der Waals surface area (Å²) in [6.07, 6.45) is 1.16. The van der Waals surface area contributed by atoms with Crippen LogP contribution in [-0.4, -0.2) is 24.8 Å². The number of ether oxygens (including phenoxy) is 3. The van der Waals surface area contributed by atoms with Crippen LogP contribution in [0.3, 0.4) is 0 Å². The maximum Gasteiger partial charge on any atom is 0.392 e. The van der Waals surface area contributed by atoms with E-state index in [1.165, 1.54) is 14.0 Å². The number of esters is 2. The number of methoxy groups -OCH3 is 1. The Bertz CT molecular complexity index is 280. The largest absolute Gasteiger partial charge is 0.463 e. The van der Waals surface area contributed by atoms with Gasteiger partial charge in [0.1, 0.15) is 5.76 Å². The standard InChI is InChI=1S/C8H10O5/c1-5-4-6(9)13-8(2,12-5)7(10)11-3/h4H,1-3H3/t8-/m0/s1. The topological polar surface area (TPSA) is 61.8 Å². The zero-order valence-corrected chi connectivity index (χ0v) is 7.62. The van der Waals surface area contributed by atoms with Gasteiger partial charge < -0.3 is 14.2 Å². The molecule has 0 fully saturated rings. The molecule has 1 aliphatic rings. The average molecular weight is 186 g/mol. The van der Waals surface area contributed by atoms with Crippen molar-refractivity contribution in [1.29, 1.82) is 0 Å². The van der Waals surface area contributed by atoms with Crippen LogP contribution in [0.1, 0.15) is 13.8 Å². The van der Waals surface area contributed by atoms with Gasteiger partial charge in [-0.15, -0.1) is 0 Å². The first-order valence-electron chi connectivity index (χ1n) is 3.66. The molecule has 0 unspecified atom stereocenters. The molecule has 1 aliphatic heterocycles. The van der Waals surface area contributed by atoms with Gasteiger partial charge in [-0.3, -0.25) is 0 Å². The lowest BCUT2D eigenvalue weighted by atomic mass is 10.3. The zero-order chi connectivity index (χ0) is 10.1. The van der Waals surface area contributed by atoms with Crippen LogP contribution in [0, 0.1) is 0 Å². The highest BCUT2D eigenvalue weighted by Gasteiger charge is 2.43. The van der Waals surface area contributed by atoms with Gasteiger partial charge in [-0.1, -0.05) is 0 Å². The summed E-state index contributed by atoms with van der Waals surface area (Å²) in [5.74, 6) is -2.68. The molecule has 0 N–H and O–H groups in total. The molecule has 0 aromatic rings. The molecule has 1 atom stereocenters. The molecule has 1 heterocycles. The van der Waals surface area contributed by atoms with Crippen molar-refractivity contribution in [2.24, 2.45) is 0 Å². The molecule has 5 heteroatoms. The summed E-state index contributed by atoms with van der Waals surface area (Å²) < 4.78 is 14.1. The van der Waals surface area contributed by atoms with Crippen LogP contribution in [0.2, 0.25) is 0 Å². The van der Waals surface area contributed by atoms with Gasteiger partial charge in [0, 0.05) is 6.92 Å². The van der Waals surface area contributed by atoms with E-state index in [-0.39, 0.29) is 0 Å². The van der Waals surface area contributed by atoms with Crippen LogP contribution < -0.4 is 0 Å². The van der Waals surface area contributed by atoms with Gasteiger partial charge in [0.15, 0.2) is 0 Å². The summed E-state index contributed by atoms with van der Waals surface area (Å²) in [5, 5.41) is 0. The highest BCUT2D eigenvalue weighted by molar-refractivity contribution is 5.88. The Kier molecular flexibility index (Phi) is 2.27. The van der Waals surface area contributed by atoms with E-state index in [2.05, 4.69) is 9.47 Å². The predicted octanol–water partition coefficient (Wildman–Crippen LogP) is 0.353. The fourth-order valence-electron chi connectivity index (χ4n) is 1.01. The van der Waals surface area contributed by atoms with Crippen molar-refractivity contribution >= 4 is 11.9 Å². The fourth-order valence-corrected chi connectivity index (χ4v) is 1.01. The summed E-state index contributed by atoms with van der Waals surface area (Å²) in [7, 11) is 1.19. The number of carbonyl (C=O) groups is 2. The Labute approximate surface area is 75.3 Å². The quantitative estimate of drug-likeness (QED) is 0.553. The third kappa shape index (κ3) is 1.80. The van der Waals surface area contributed by atoms with Crippen molar-refractivity contribution in [2.45, 2.75) is 19.6 Å². The second-order valence-corrected chi connectivity index (χ2v) is 2.72. The number of rotatable bonds is 1. The Morgan fingerprint density at radius 2 is 2.15 bits per heavy atom. The second kappa shape index (κ2) is 3.08. The molecule has 1 rings (SSSR count). The van der Waals surface area contributed by atoms with Gasteiger partial charge in [-0.05, 0) is 6.92 Å². The average Bonchev–Trinajstić information content (AvgIpc) is 2.00. The molecule has 0 saturated carbocycles. The molecule has 0 aromatic heterocycles. The van der Waals surface area contributed by atoms with E-state index in [0.29, 0.717) is 5.76 Å². The highest BCUT2D eigenvalue weighted by Crippen LogP contribution is 2.23. The van der Waals surface area contributed by atoms with E-state index in [1.807, 2.05) is 0 Å². The predicted molar refractivity (Wildman–Crippen MR) is 41.4 cm³/mol. The number of carbonyl (C=O) groups excluding carboxylic acids is 2. The van der Waals surface area contributed by atoms with Crippen molar-refractivity contribution in [3.63, 3.8) is 0 Å². The molecule has 0 aliphatic carbocycles. The number of hydrogen-bond donors (Lipinski definition) is 0. The molecule has 0 bridgehead atoms. The Hall–Kier alpha value is -1.52. The summed E-state index contributed by atoms with van der Waals surface area (Å²) >= 11 is 0. The van der Waals surface area contributed by atoms with Crippen molar-refractivity contribution in [2.75, 3.05) is 7.11 Å².